The smallest absolute Gasteiger partial charge is 0.336 e. The molecule has 166 valence electrons. The van der Waals surface area contributed by atoms with Gasteiger partial charge >= 0.3 is 5.97 Å². The Balaban J connectivity index is 1.60. The van der Waals surface area contributed by atoms with Gasteiger partial charge in [-0.05, 0) is 45.8 Å². The van der Waals surface area contributed by atoms with Crippen LogP contribution in [0.25, 0.3) is 33.3 Å². The standard InChI is InChI=1S/C25H20BrN3O4/c1-2-21-28-20-10-8-15(13-30)27-24(20)29(21)12-14-7-9-17-19(11-14)23(26)33-22(17)16-5-3-4-6-18(16)25(31)32/h3-11,30H,2,12-13H2,1H3,(H,31,32). The Labute approximate surface area is 197 Å². The van der Waals surface area contributed by atoms with Crippen molar-refractivity contribution in [3.05, 3.63) is 81.9 Å². The minimum absolute atomic E-state index is 0.128. The lowest BCUT2D eigenvalue weighted by Crippen LogP contribution is -2.06. The largest absolute Gasteiger partial charge is 0.478 e. The first-order chi connectivity index (χ1) is 16.0. The first kappa shape index (κ1) is 21.4. The fourth-order valence-electron chi connectivity index (χ4n) is 4.11. The van der Waals surface area contributed by atoms with Crippen LogP contribution in [0, 0.1) is 0 Å². The summed E-state index contributed by atoms with van der Waals surface area (Å²) in [6.07, 6.45) is 0.749. The van der Waals surface area contributed by atoms with E-state index < -0.39 is 5.97 Å². The van der Waals surface area contributed by atoms with Gasteiger partial charge in [-0.2, -0.15) is 0 Å². The van der Waals surface area contributed by atoms with Crippen LogP contribution in [0.15, 0.2) is 63.7 Å². The molecule has 0 saturated heterocycles. The van der Waals surface area contributed by atoms with Gasteiger partial charge in [0.25, 0.3) is 0 Å². The van der Waals surface area contributed by atoms with Crippen molar-refractivity contribution < 1.29 is 19.4 Å². The number of carbonyl (C=O) groups is 1. The Morgan fingerprint density at radius 3 is 2.67 bits per heavy atom. The van der Waals surface area contributed by atoms with Crippen molar-refractivity contribution in [1.29, 1.82) is 0 Å². The van der Waals surface area contributed by atoms with E-state index in [0.29, 0.717) is 28.2 Å². The molecular weight excluding hydrogens is 486 g/mol. The van der Waals surface area contributed by atoms with Crippen LogP contribution < -0.4 is 0 Å². The van der Waals surface area contributed by atoms with Crippen molar-refractivity contribution in [3.63, 3.8) is 0 Å². The molecule has 8 heteroatoms. The van der Waals surface area contributed by atoms with Crippen molar-refractivity contribution in [2.24, 2.45) is 0 Å². The van der Waals surface area contributed by atoms with Gasteiger partial charge in [0, 0.05) is 22.8 Å². The van der Waals surface area contributed by atoms with Crippen molar-refractivity contribution in [3.8, 4) is 11.3 Å². The molecular formula is C25H20BrN3O4. The summed E-state index contributed by atoms with van der Waals surface area (Å²) in [4.78, 5) is 21.0. The van der Waals surface area contributed by atoms with Gasteiger partial charge in [0.1, 0.15) is 17.1 Å². The molecule has 0 bridgehead atoms. The maximum Gasteiger partial charge on any atom is 0.336 e. The summed E-state index contributed by atoms with van der Waals surface area (Å²) in [5, 5.41) is 20.8. The number of aryl methyl sites for hydroxylation is 1. The third-order valence-corrected chi connectivity index (χ3v) is 6.27. The van der Waals surface area contributed by atoms with E-state index in [2.05, 4.69) is 30.5 Å². The summed E-state index contributed by atoms with van der Waals surface area (Å²) in [6, 6.07) is 16.4. The molecule has 0 fully saturated rings. The molecule has 0 amide bonds. The number of pyridine rings is 1. The second-order valence-electron chi connectivity index (χ2n) is 7.71. The lowest BCUT2D eigenvalue weighted by atomic mass is 10.0. The SMILES string of the molecule is CCc1nc2ccc(CO)nc2n1Cc1ccc2c(-c3ccccc3C(=O)O)oc(Br)c2c1. The van der Waals surface area contributed by atoms with Gasteiger partial charge in [-0.25, -0.2) is 14.8 Å². The number of fused-ring (bicyclic) bond motifs is 2. The molecule has 0 aliphatic heterocycles. The van der Waals surface area contributed by atoms with Gasteiger partial charge in [-0.1, -0.05) is 37.3 Å². The molecule has 0 aliphatic carbocycles. The number of carboxylic acids is 1. The number of carboxylic acid groups (broad SMARTS) is 1. The number of aliphatic hydroxyl groups excluding tert-OH is 1. The summed E-state index contributed by atoms with van der Waals surface area (Å²) < 4.78 is 8.57. The zero-order valence-electron chi connectivity index (χ0n) is 17.7. The summed E-state index contributed by atoms with van der Waals surface area (Å²) in [5.74, 6) is 0.421. The number of furan rings is 1. The summed E-state index contributed by atoms with van der Waals surface area (Å²) in [5.41, 5.74) is 3.87. The molecule has 5 aromatic rings. The number of hydrogen-bond donors (Lipinski definition) is 2. The Hall–Kier alpha value is -3.49. The number of benzene rings is 2. The van der Waals surface area contributed by atoms with Crippen LogP contribution >= 0.6 is 15.9 Å². The molecule has 0 atom stereocenters. The summed E-state index contributed by atoms with van der Waals surface area (Å²) in [7, 11) is 0. The Bertz CT molecular complexity index is 1520. The lowest BCUT2D eigenvalue weighted by molar-refractivity contribution is 0.0697. The first-order valence-electron chi connectivity index (χ1n) is 10.5. The minimum Gasteiger partial charge on any atom is -0.478 e. The number of halogens is 1. The Kier molecular flexibility index (Phi) is 5.47. The van der Waals surface area contributed by atoms with E-state index in [1.165, 1.54) is 0 Å². The van der Waals surface area contributed by atoms with E-state index in [1.54, 1.807) is 30.3 Å². The van der Waals surface area contributed by atoms with Gasteiger partial charge in [-0.3, -0.25) is 0 Å². The van der Waals surface area contributed by atoms with Crippen molar-refractivity contribution in [2.45, 2.75) is 26.5 Å². The molecule has 5 rings (SSSR count). The van der Waals surface area contributed by atoms with Gasteiger partial charge in [0.05, 0.1) is 24.4 Å². The Morgan fingerprint density at radius 2 is 1.91 bits per heavy atom. The number of aromatic nitrogens is 3. The molecule has 0 aliphatic rings. The number of hydrogen-bond acceptors (Lipinski definition) is 5. The fourth-order valence-corrected chi connectivity index (χ4v) is 4.60. The van der Waals surface area contributed by atoms with Crippen molar-refractivity contribution >= 4 is 43.8 Å². The van der Waals surface area contributed by atoms with Crippen LogP contribution in [-0.4, -0.2) is 30.7 Å². The quantitative estimate of drug-likeness (QED) is 0.320. The second kappa shape index (κ2) is 8.46. The van der Waals surface area contributed by atoms with Crippen LogP contribution in [0.2, 0.25) is 0 Å². The molecule has 33 heavy (non-hydrogen) atoms. The van der Waals surface area contributed by atoms with Crippen molar-refractivity contribution in [1.82, 2.24) is 14.5 Å². The maximum atomic E-state index is 11.7. The highest BCUT2D eigenvalue weighted by molar-refractivity contribution is 9.10. The van der Waals surface area contributed by atoms with E-state index in [-0.39, 0.29) is 12.2 Å². The molecule has 3 aromatic heterocycles. The number of aliphatic hydroxyl groups is 1. The molecule has 0 unspecified atom stereocenters. The van der Waals surface area contributed by atoms with E-state index in [9.17, 15) is 15.0 Å². The topological polar surface area (TPSA) is 101 Å². The normalized spacial score (nSPS) is 11.5. The molecule has 2 N–H and O–H groups in total. The highest BCUT2D eigenvalue weighted by Gasteiger charge is 2.20. The fraction of sp³-hybridized carbons (Fsp3) is 0.160. The molecule has 2 aromatic carbocycles. The number of imidazole rings is 1. The average Bonchev–Trinajstić information content (AvgIpc) is 3.35. The number of rotatable bonds is 6. The zero-order chi connectivity index (χ0) is 23.1. The van der Waals surface area contributed by atoms with E-state index >= 15 is 0 Å². The van der Waals surface area contributed by atoms with E-state index in [4.69, 9.17) is 4.42 Å². The molecule has 0 radical (unpaired) electrons. The molecule has 3 heterocycles. The van der Waals surface area contributed by atoms with Gasteiger partial charge in [0.15, 0.2) is 10.3 Å². The van der Waals surface area contributed by atoms with Gasteiger partial charge in [0.2, 0.25) is 0 Å². The van der Waals surface area contributed by atoms with Gasteiger partial charge in [-0.15, -0.1) is 0 Å². The Morgan fingerprint density at radius 1 is 1.09 bits per heavy atom. The van der Waals surface area contributed by atoms with E-state index in [0.717, 1.165) is 39.7 Å². The second-order valence-corrected chi connectivity index (χ2v) is 8.43. The third-order valence-electron chi connectivity index (χ3n) is 5.68. The van der Waals surface area contributed by atoms with Crippen LogP contribution in [0.1, 0.15) is 34.4 Å². The lowest BCUT2D eigenvalue weighted by Gasteiger charge is -2.09. The number of aromatic carboxylic acids is 1. The highest BCUT2D eigenvalue weighted by atomic mass is 79.9. The van der Waals surface area contributed by atoms with Crippen molar-refractivity contribution in [2.75, 3.05) is 0 Å². The van der Waals surface area contributed by atoms with E-state index in [1.807, 2.05) is 31.2 Å². The van der Waals surface area contributed by atoms with Crippen LogP contribution in [0.4, 0.5) is 0 Å². The minimum atomic E-state index is -1.00. The summed E-state index contributed by atoms with van der Waals surface area (Å²) in [6.45, 7) is 2.47. The van der Waals surface area contributed by atoms with Crippen LogP contribution in [0.5, 0.6) is 0 Å². The predicted octanol–water partition coefficient (Wildman–Crippen LogP) is 5.41. The van der Waals surface area contributed by atoms with Crippen LogP contribution in [-0.2, 0) is 19.6 Å². The maximum absolute atomic E-state index is 11.7. The average molecular weight is 506 g/mol. The monoisotopic (exact) mass is 505 g/mol. The van der Waals surface area contributed by atoms with Gasteiger partial charge < -0.3 is 19.2 Å². The highest BCUT2D eigenvalue weighted by Crippen LogP contribution is 2.38. The molecule has 0 spiro atoms. The summed E-state index contributed by atoms with van der Waals surface area (Å²) >= 11 is 3.50. The number of nitrogens with zero attached hydrogens (tertiary/aromatic N) is 3. The van der Waals surface area contributed by atoms with Crippen LogP contribution in [0.3, 0.4) is 0 Å². The predicted molar refractivity (Wildman–Crippen MR) is 128 cm³/mol. The molecule has 7 nitrogen and oxygen atoms in total. The third kappa shape index (κ3) is 3.71. The zero-order valence-corrected chi connectivity index (χ0v) is 19.3. The molecule has 0 saturated carbocycles. The first-order valence-corrected chi connectivity index (χ1v) is 11.3.